The molecule has 1 fully saturated rings. The Hall–Kier alpha value is -1.66. The third kappa shape index (κ3) is 4.18. The molecule has 5 nitrogen and oxygen atoms in total. The maximum Gasteiger partial charge on any atom is 0.245 e. The number of aromatic nitrogens is 2. The van der Waals surface area contributed by atoms with Gasteiger partial charge in [0.25, 0.3) is 0 Å². The van der Waals surface area contributed by atoms with Crippen LogP contribution in [0.25, 0.3) is 0 Å². The number of likely N-dealkylation sites (N-methyl/N-ethyl adjacent to an activating group) is 1. The number of benzene rings is 1. The van der Waals surface area contributed by atoms with Gasteiger partial charge in [-0.25, -0.2) is 0 Å². The van der Waals surface area contributed by atoms with E-state index in [-0.39, 0.29) is 12.5 Å². The lowest BCUT2D eigenvalue weighted by Crippen LogP contribution is -2.29. The normalized spacial score (nSPS) is 13.9. The van der Waals surface area contributed by atoms with Crippen LogP contribution in [-0.2, 0) is 11.2 Å². The Morgan fingerprint density at radius 2 is 2.09 bits per heavy atom. The second-order valence-corrected chi connectivity index (χ2v) is 7.03. The molecule has 0 spiro atoms. The van der Waals surface area contributed by atoms with Crippen LogP contribution in [0, 0.1) is 5.92 Å². The first-order valence-corrected chi connectivity index (χ1v) is 8.38. The zero-order valence-corrected chi connectivity index (χ0v) is 13.8. The van der Waals surface area contributed by atoms with Crippen molar-refractivity contribution in [1.82, 2.24) is 10.2 Å². The zero-order valence-electron chi connectivity index (χ0n) is 12.3. The number of carbonyl (C=O) groups excluding carboxylic acids is 1. The van der Waals surface area contributed by atoms with Gasteiger partial charge in [-0.15, -0.1) is 10.2 Å². The summed E-state index contributed by atoms with van der Waals surface area (Å²) < 4.78 is 0. The Labute approximate surface area is 138 Å². The lowest BCUT2D eigenvalue weighted by Gasteiger charge is -2.18. The van der Waals surface area contributed by atoms with Crippen LogP contribution in [-0.4, -0.2) is 29.7 Å². The molecule has 7 heteroatoms. The van der Waals surface area contributed by atoms with E-state index >= 15 is 0 Å². The maximum absolute atomic E-state index is 12.1. The molecule has 0 aliphatic heterocycles. The molecule has 2 aromatic rings. The standard InChI is InChI=1S/C15H17ClN4OS/c1-20(12-6-4-11(16)5-7-12)9-13(21)17-15-19-18-14(22-15)8-10-2-3-10/h4-7,10H,2-3,8-9H2,1H3,(H,17,19,21). The van der Waals surface area contributed by atoms with Crippen molar-refractivity contribution in [3.05, 3.63) is 34.3 Å². The van der Waals surface area contributed by atoms with Crippen LogP contribution < -0.4 is 10.2 Å². The van der Waals surface area contributed by atoms with Crippen LogP contribution in [0.15, 0.2) is 24.3 Å². The molecular formula is C15H17ClN4OS. The zero-order chi connectivity index (χ0) is 15.5. The van der Waals surface area contributed by atoms with Crippen molar-refractivity contribution in [2.75, 3.05) is 23.8 Å². The lowest BCUT2D eigenvalue weighted by molar-refractivity contribution is -0.114. The fraction of sp³-hybridized carbons (Fsp3) is 0.400. The number of amides is 1. The molecule has 116 valence electrons. The quantitative estimate of drug-likeness (QED) is 0.880. The first-order valence-electron chi connectivity index (χ1n) is 7.19. The van der Waals surface area contributed by atoms with Gasteiger partial charge in [0, 0.05) is 24.2 Å². The van der Waals surface area contributed by atoms with Crippen molar-refractivity contribution < 1.29 is 4.79 Å². The molecule has 0 saturated heterocycles. The molecule has 1 heterocycles. The second kappa shape index (κ2) is 6.62. The first-order chi connectivity index (χ1) is 10.6. The van der Waals surface area contributed by atoms with Gasteiger partial charge in [0.15, 0.2) is 0 Å². The number of carbonyl (C=O) groups is 1. The predicted molar refractivity (Wildman–Crippen MR) is 89.7 cm³/mol. The van der Waals surface area contributed by atoms with Crippen molar-refractivity contribution in [2.24, 2.45) is 5.92 Å². The van der Waals surface area contributed by atoms with Gasteiger partial charge in [0.2, 0.25) is 11.0 Å². The third-order valence-electron chi connectivity index (χ3n) is 3.52. The SMILES string of the molecule is CN(CC(=O)Nc1nnc(CC2CC2)s1)c1ccc(Cl)cc1. The number of hydrogen-bond acceptors (Lipinski definition) is 5. The van der Waals surface area contributed by atoms with Crippen molar-refractivity contribution >= 4 is 39.7 Å². The molecule has 1 saturated carbocycles. The van der Waals surface area contributed by atoms with Crippen LogP contribution in [0.5, 0.6) is 0 Å². The molecule has 1 N–H and O–H groups in total. The fourth-order valence-electron chi connectivity index (χ4n) is 2.12. The number of anilines is 2. The van der Waals surface area contributed by atoms with E-state index in [2.05, 4.69) is 15.5 Å². The number of rotatable bonds is 6. The Morgan fingerprint density at radius 3 is 2.77 bits per heavy atom. The largest absolute Gasteiger partial charge is 0.365 e. The topological polar surface area (TPSA) is 58.1 Å². The molecule has 0 radical (unpaired) electrons. The molecule has 0 bridgehead atoms. The highest BCUT2D eigenvalue weighted by Crippen LogP contribution is 2.33. The van der Waals surface area contributed by atoms with Crippen molar-refractivity contribution in [1.29, 1.82) is 0 Å². The average molecular weight is 337 g/mol. The summed E-state index contributed by atoms with van der Waals surface area (Å²) in [5.74, 6) is 0.666. The monoisotopic (exact) mass is 336 g/mol. The number of hydrogen-bond donors (Lipinski definition) is 1. The number of nitrogens with zero attached hydrogens (tertiary/aromatic N) is 3. The van der Waals surface area contributed by atoms with Gasteiger partial charge in [-0.3, -0.25) is 10.1 Å². The summed E-state index contributed by atoms with van der Waals surface area (Å²) in [5.41, 5.74) is 0.936. The Bertz CT molecular complexity index is 654. The van der Waals surface area contributed by atoms with Crippen molar-refractivity contribution in [2.45, 2.75) is 19.3 Å². The minimum atomic E-state index is -0.105. The molecular weight excluding hydrogens is 320 g/mol. The fourth-order valence-corrected chi connectivity index (χ4v) is 3.11. The summed E-state index contributed by atoms with van der Waals surface area (Å²) in [5, 5.41) is 13.2. The van der Waals surface area contributed by atoms with Gasteiger partial charge >= 0.3 is 0 Å². The molecule has 1 aliphatic carbocycles. The van der Waals surface area contributed by atoms with Crippen LogP contribution in [0.2, 0.25) is 5.02 Å². The van der Waals surface area contributed by atoms with Gasteiger partial charge < -0.3 is 4.90 Å². The van der Waals surface area contributed by atoms with E-state index in [9.17, 15) is 4.79 Å². The highest BCUT2D eigenvalue weighted by molar-refractivity contribution is 7.15. The molecule has 1 aliphatic rings. The number of nitrogens with one attached hydrogen (secondary N) is 1. The van der Waals surface area contributed by atoms with E-state index in [0.29, 0.717) is 10.2 Å². The van der Waals surface area contributed by atoms with Gasteiger partial charge in [-0.2, -0.15) is 0 Å². The van der Waals surface area contributed by atoms with Gasteiger partial charge in [0.1, 0.15) is 5.01 Å². The van der Waals surface area contributed by atoms with Crippen LogP contribution in [0.1, 0.15) is 17.8 Å². The number of halogens is 1. The Kier molecular flexibility index (Phi) is 4.59. The molecule has 1 aromatic carbocycles. The van der Waals surface area contributed by atoms with Gasteiger partial charge in [-0.1, -0.05) is 22.9 Å². The smallest absolute Gasteiger partial charge is 0.245 e. The van der Waals surface area contributed by atoms with E-state index in [1.165, 1.54) is 24.2 Å². The highest BCUT2D eigenvalue weighted by atomic mass is 35.5. The van der Waals surface area contributed by atoms with Crippen molar-refractivity contribution in [3.63, 3.8) is 0 Å². The lowest BCUT2D eigenvalue weighted by atomic mass is 10.3. The van der Waals surface area contributed by atoms with Gasteiger partial charge in [0.05, 0.1) is 6.54 Å². The van der Waals surface area contributed by atoms with Crippen molar-refractivity contribution in [3.8, 4) is 0 Å². The minimum Gasteiger partial charge on any atom is -0.365 e. The van der Waals surface area contributed by atoms with E-state index in [4.69, 9.17) is 11.6 Å². The molecule has 0 atom stereocenters. The highest BCUT2D eigenvalue weighted by Gasteiger charge is 2.23. The maximum atomic E-state index is 12.1. The van der Waals surface area contributed by atoms with Gasteiger partial charge in [-0.05, 0) is 43.0 Å². The third-order valence-corrected chi connectivity index (χ3v) is 4.63. The summed E-state index contributed by atoms with van der Waals surface area (Å²) in [6.45, 7) is 0.249. The van der Waals surface area contributed by atoms with E-state index < -0.39 is 0 Å². The summed E-state index contributed by atoms with van der Waals surface area (Å²) in [6.07, 6.45) is 3.55. The molecule has 0 unspecified atom stereocenters. The molecule has 1 aromatic heterocycles. The van der Waals surface area contributed by atoms with E-state index in [1.54, 1.807) is 12.1 Å². The molecule has 1 amide bonds. The predicted octanol–water partition coefficient (Wildman–Crippen LogP) is 3.22. The molecule has 22 heavy (non-hydrogen) atoms. The Morgan fingerprint density at radius 1 is 1.36 bits per heavy atom. The van der Waals surface area contributed by atoms with Crippen LogP contribution in [0.3, 0.4) is 0 Å². The first kappa shape index (κ1) is 15.2. The second-order valence-electron chi connectivity index (χ2n) is 5.53. The Balaban J connectivity index is 1.52. The summed E-state index contributed by atoms with van der Waals surface area (Å²) in [6, 6.07) is 7.38. The summed E-state index contributed by atoms with van der Waals surface area (Å²) >= 11 is 7.32. The molecule has 3 rings (SSSR count). The summed E-state index contributed by atoms with van der Waals surface area (Å²) in [7, 11) is 1.86. The van der Waals surface area contributed by atoms with E-state index in [0.717, 1.165) is 23.0 Å². The van der Waals surface area contributed by atoms with Crippen LogP contribution >= 0.6 is 22.9 Å². The summed E-state index contributed by atoms with van der Waals surface area (Å²) in [4.78, 5) is 13.9. The van der Waals surface area contributed by atoms with E-state index in [1.807, 2.05) is 24.1 Å². The average Bonchev–Trinajstić information content (AvgIpc) is 3.18. The van der Waals surface area contributed by atoms with Crippen LogP contribution in [0.4, 0.5) is 10.8 Å². The minimum absolute atomic E-state index is 0.105.